The first kappa shape index (κ1) is 13.9. The summed E-state index contributed by atoms with van der Waals surface area (Å²) in [6.45, 7) is 1.95. The van der Waals surface area contributed by atoms with E-state index >= 15 is 0 Å². The van der Waals surface area contributed by atoms with Crippen molar-refractivity contribution in [1.29, 1.82) is 0 Å². The highest BCUT2D eigenvalue weighted by atomic mass is 16.3. The first-order valence-electron chi connectivity index (χ1n) is 6.82. The Kier molecular flexibility index (Phi) is 4.43. The molecule has 2 rings (SSSR count). The van der Waals surface area contributed by atoms with Gasteiger partial charge in [-0.05, 0) is 50.3 Å². The van der Waals surface area contributed by atoms with Gasteiger partial charge in [-0.3, -0.25) is 4.79 Å². The molecule has 0 saturated heterocycles. The minimum Gasteiger partial charge on any atom is -0.508 e. The van der Waals surface area contributed by atoms with Gasteiger partial charge >= 0.3 is 0 Å². The number of carbonyl (C=O) groups excluding carboxylic acids is 1. The minimum atomic E-state index is -0.485. The highest BCUT2D eigenvalue weighted by Gasteiger charge is 2.31. The summed E-state index contributed by atoms with van der Waals surface area (Å²) in [5.41, 5.74) is 1.07. The van der Waals surface area contributed by atoms with E-state index in [0.717, 1.165) is 31.2 Å². The predicted molar refractivity (Wildman–Crippen MR) is 72.8 cm³/mol. The number of aromatic hydroxyl groups is 1. The molecular weight excluding hydrogens is 242 g/mol. The maximum absolute atomic E-state index is 12.0. The van der Waals surface area contributed by atoms with Crippen LogP contribution in [0.2, 0.25) is 0 Å². The Hall–Kier alpha value is -1.55. The van der Waals surface area contributed by atoms with Gasteiger partial charge in [-0.15, -0.1) is 0 Å². The summed E-state index contributed by atoms with van der Waals surface area (Å²) in [5, 5.41) is 21.9. The van der Waals surface area contributed by atoms with Crippen LogP contribution in [0.15, 0.2) is 24.3 Å². The van der Waals surface area contributed by atoms with Gasteiger partial charge in [-0.1, -0.05) is 12.1 Å². The van der Waals surface area contributed by atoms with Crippen LogP contribution in [-0.4, -0.2) is 28.3 Å². The first-order valence-corrected chi connectivity index (χ1v) is 6.82. The molecule has 3 atom stereocenters. The third kappa shape index (κ3) is 3.70. The summed E-state index contributed by atoms with van der Waals surface area (Å²) in [4.78, 5) is 12.0. The number of aliphatic hydroxyl groups is 1. The first-order chi connectivity index (χ1) is 9.06. The highest BCUT2D eigenvalue weighted by Crippen LogP contribution is 2.25. The fourth-order valence-electron chi connectivity index (χ4n) is 2.63. The second-order valence-corrected chi connectivity index (χ2v) is 5.38. The smallest absolute Gasteiger partial charge is 0.225 e. The number of benzene rings is 1. The molecule has 1 aromatic rings. The van der Waals surface area contributed by atoms with Gasteiger partial charge in [0.25, 0.3) is 0 Å². The van der Waals surface area contributed by atoms with Crippen molar-refractivity contribution in [2.45, 2.75) is 44.8 Å². The van der Waals surface area contributed by atoms with Crippen molar-refractivity contribution in [1.82, 2.24) is 5.32 Å². The van der Waals surface area contributed by atoms with E-state index in [4.69, 9.17) is 0 Å². The van der Waals surface area contributed by atoms with Gasteiger partial charge in [0.1, 0.15) is 5.75 Å². The van der Waals surface area contributed by atoms with E-state index in [9.17, 15) is 15.0 Å². The maximum atomic E-state index is 12.0. The van der Waals surface area contributed by atoms with E-state index in [1.54, 1.807) is 12.1 Å². The van der Waals surface area contributed by atoms with Crippen LogP contribution < -0.4 is 5.32 Å². The molecule has 0 aromatic heterocycles. The Bertz CT molecular complexity index is 430. The minimum absolute atomic E-state index is 0.0184. The van der Waals surface area contributed by atoms with Crippen LogP contribution >= 0.6 is 0 Å². The summed E-state index contributed by atoms with van der Waals surface area (Å²) in [6, 6.07) is 7.00. The van der Waals surface area contributed by atoms with Crippen molar-refractivity contribution in [3.63, 3.8) is 0 Å². The average molecular weight is 263 g/mol. The van der Waals surface area contributed by atoms with E-state index in [-0.39, 0.29) is 23.6 Å². The number of nitrogens with one attached hydrogen (secondary N) is 1. The zero-order chi connectivity index (χ0) is 13.8. The zero-order valence-electron chi connectivity index (χ0n) is 11.2. The monoisotopic (exact) mass is 263 g/mol. The zero-order valence-corrected chi connectivity index (χ0v) is 11.2. The standard InChI is InChI=1S/C15H21NO3/c1-10(9-11-5-7-12(17)8-6-11)16-15(19)13-3-2-4-14(13)18/h5-8,10,13-14,17-18H,2-4,9H2,1H3,(H,16,19). The molecule has 4 nitrogen and oxygen atoms in total. The number of phenolic OH excluding ortho intramolecular Hbond substituents is 1. The summed E-state index contributed by atoms with van der Waals surface area (Å²) in [7, 11) is 0. The molecule has 0 bridgehead atoms. The number of hydrogen-bond acceptors (Lipinski definition) is 3. The lowest BCUT2D eigenvalue weighted by atomic mass is 10.0. The Balaban J connectivity index is 1.85. The molecule has 1 aliphatic rings. The average Bonchev–Trinajstić information content (AvgIpc) is 2.78. The van der Waals surface area contributed by atoms with E-state index in [2.05, 4.69) is 5.32 Å². The summed E-state index contributed by atoms with van der Waals surface area (Å²) in [6.07, 6.45) is 2.66. The molecule has 0 radical (unpaired) electrons. The van der Waals surface area contributed by atoms with Gasteiger partial charge in [-0.2, -0.15) is 0 Å². The van der Waals surface area contributed by atoms with Crippen molar-refractivity contribution in [2.24, 2.45) is 5.92 Å². The number of aliphatic hydroxyl groups excluding tert-OH is 1. The Morgan fingerprint density at radius 2 is 2.05 bits per heavy atom. The third-order valence-corrected chi connectivity index (χ3v) is 3.68. The normalized spacial score (nSPS) is 24.1. The molecule has 3 unspecified atom stereocenters. The second-order valence-electron chi connectivity index (χ2n) is 5.38. The molecule has 1 aliphatic carbocycles. The van der Waals surface area contributed by atoms with Crippen LogP contribution in [-0.2, 0) is 11.2 Å². The fourth-order valence-corrected chi connectivity index (χ4v) is 2.63. The molecule has 3 N–H and O–H groups in total. The van der Waals surface area contributed by atoms with Crippen LogP contribution in [0.5, 0.6) is 5.75 Å². The van der Waals surface area contributed by atoms with E-state index in [1.165, 1.54) is 0 Å². The van der Waals surface area contributed by atoms with Gasteiger partial charge in [0.15, 0.2) is 0 Å². The van der Waals surface area contributed by atoms with Crippen molar-refractivity contribution in [3.8, 4) is 5.75 Å². The van der Waals surface area contributed by atoms with Crippen LogP contribution in [0, 0.1) is 5.92 Å². The topological polar surface area (TPSA) is 69.6 Å². The van der Waals surface area contributed by atoms with Crippen LogP contribution in [0.1, 0.15) is 31.7 Å². The Labute approximate surface area is 113 Å². The molecule has 0 spiro atoms. The molecule has 1 fully saturated rings. The molecule has 0 heterocycles. The van der Waals surface area contributed by atoms with E-state index in [1.807, 2.05) is 19.1 Å². The van der Waals surface area contributed by atoms with Crippen LogP contribution in [0.4, 0.5) is 0 Å². The van der Waals surface area contributed by atoms with Gasteiger partial charge in [0.05, 0.1) is 12.0 Å². The van der Waals surface area contributed by atoms with Gasteiger partial charge in [0, 0.05) is 6.04 Å². The molecule has 4 heteroatoms. The molecule has 1 amide bonds. The van der Waals surface area contributed by atoms with Gasteiger partial charge < -0.3 is 15.5 Å². The number of rotatable bonds is 4. The van der Waals surface area contributed by atoms with Crippen molar-refractivity contribution >= 4 is 5.91 Å². The SMILES string of the molecule is CC(Cc1ccc(O)cc1)NC(=O)C1CCCC1O. The summed E-state index contributed by atoms with van der Waals surface area (Å²) < 4.78 is 0. The predicted octanol–water partition coefficient (Wildman–Crippen LogP) is 1.60. The largest absolute Gasteiger partial charge is 0.508 e. The lowest BCUT2D eigenvalue weighted by Crippen LogP contribution is -2.40. The lowest BCUT2D eigenvalue weighted by molar-refractivity contribution is -0.128. The number of hydrogen-bond donors (Lipinski definition) is 3. The number of amides is 1. The Morgan fingerprint density at radius 1 is 1.37 bits per heavy atom. The maximum Gasteiger partial charge on any atom is 0.225 e. The molecule has 1 aromatic carbocycles. The summed E-state index contributed by atoms with van der Waals surface area (Å²) >= 11 is 0. The van der Waals surface area contributed by atoms with Crippen molar-refractivity contribution in [3.05, 3.63) is 29.8 Å². The Morgan fingerprint density at radius 3 is 2.63 bits per heavy atom. The van der Waals surface area contributed by atoms with E-state index < -0.39 is 6.10 Å². The molecule has 104 valence electrons. The molecule has 1 saturated carbocycles. The third-order valence-electron chi connectivity index (χ3n) is 3.68. The fraction of sp³-hybridized carbons (Fsp3) is 0.533. The van der Waals surface area contributed by atoms with Crippen LogP contribution in [0.25, 0.3) is 0 Å². The molecule has 0 aliphatic heterocycles. The van der Waals surface area contributed by atoms with Crippen molar-refractivity contribution in [2.75, 3.05) is 0 Å². The van der Waals surface area contributed by atoms with Gasteiger partial charge in [-0.25, -0.2) is 0 Å². The molecular formula is C15H21NO3. The second kappa shape index (κ2) is 6.06. The molecule has 19 heavy (non-hydrogen) atoms. The van der Waals surface area contributed by atoms with Crippen molar-refractivity contribution < 1.29 is 15.0 Å². The van der Waals surface area contributed by atoms with Gasteiger partial charge in [0.2, 0.25) is 5.91 Å². The highest BCUT2D eigenvalue weighted by molar-refractivity contribution is 5.79. The van der Waals surface area contributed by atoms with Crippen LogP contribution in [0.3, 0.4) is 0 Å². The quantitative estimate of drug-likeness (QED) is 0.773. The summed E-state index contributed by atoms with van der Waals surface area (Å²) in [5.74, 6) is -0.0481. The lowest BCUT2D eigenvalue weighted by Gasteiger charge is -2.19. The number of carbonyl (C=O) groups is 1. The van der Waals surface area contributed by atoms with E-state index in [0.29, 0.717) is 0 Å². The number of phenols is 1.